The molecule has 2 unspecified atom stereocenters. The molecule has 36 heavy (non-hydrogen) atoms. The molecule has 3 aromatic heterocycles. The maximum atomic E-state index is 6.29. The van der Waals surface area contributed by atoms with Gasteiger partial charge >= 0.3 is 0 Å². The molecule has 2 aliphatic rings. The average molecular weight is 474 g/mol. The maximum absolute atomic E-state index is 6.29. The summed E-state index contributed by atoms with van der Waals surface area (Å²) in [6.07, 6.45) is 2.97. The summed E-state index contributed by atoms with van der Waals surface area (Å²) in [5.74, 6) is 1.19. The van der Waals surface area contributed by atoms with Gasteiger partial charge in [0.1, 0.15) is 11.3 Å². The first kappa shape index (κ1) is 21.2. The van der Waals surface area contributed by atoms with Crippen molar-refractivity contribution in [2.45, 2.75) is 25.0 Å². The molecular formula is C29H27N7. The molecule has 7 heteroatoms. The zero-order chi connectivity index (χ0) is 24.1. The number of nitrogens with zero attached hydrogens (tertiary/aromatic N) is 5. The van der Waals surface area contributed by atoms with Crippen molar-refractivity contribution in [1.29, 1.82) is 0 Å². The van der Waals surface area contributed by atoms with E-state index in [9.17, 15) is 0 Å². The first-order valence-corrected chi connectivity index (χ1v) is 12.5. The molecule has 0 radical (unpaired) electrons. The molecule has 2 aliphatic heterocycles. The lowest BCUT2D eigenvalue weighted by molar-refractivity contribution is 0.218. The highest BCUT2D eigenvalue weighted by molar-refractivity contribution is 5.84. The van der Waals surface area contributed by atoms with E-state index in [2.05, 4.69) is 56.2 Å². The summed E-state index contributed by atoms with van der Waals surface area (Å²) >= 11 is 0. The highest BCUT2D eigenvalue weighted by atomic mass is 15.3. The number of pyridine rings is 2. The molecule has 2 aromatic carbocycles. The van der Waals surface area contributed by atoms with Crippen LogP contribution in [0.3, 0.4) is 0 Å². The molecule has 2 saturated heterocycles. The standard InChI is InChI=1S/C29H27N7/c30-27-24(7-4-14-31-27)28-34-26-13-12-25(20-5-2-1-3-6-20)33-29(26)36(28)22-10-8-19(9-11-22)17-35-18-21-15-23(35)16-32-21/h1-14,21,23,32H,15-18H2,(H2,30,31). The van der Waals surface area contributed by atoms with Gasteiger partial charge in [-0.15, -0.1) is 0 Å². The van der Waals surface area contributed by atoms with Gasteiger partial charge in [0.15, 0.2) is 11.5 Å². The molecule has 3 N–H and O–H groups in total. The Morgan fingerprint density at radius 1 is 0.917 bits per heavy atom. The number of hydrogen-bond acceptors (Lipinski definition) is 6. The first-order chi connectivity index (χ1) is 17.7. The van der Waals surface area contributed by atoms with Crippen molar-refractivity contribution in [1.82, 2.24) is 29.7 Å². The number of nitrogens with one attached hydrogen (secondary N) is 1. The van der Waals surface area contributed by atoms with Crippen molar-refractivity contribution in [3.63, 3.8) is 0 Å². The Balaban J connectivity index is 1.33. The SMILES string of the molecule is Nc1ncccc1-c1nc2ccc(-c3ccccc3)nc2n1-c1ccc(CN2CC3CC2CN3)cc1. The Hall–Kier alpha value is -4.07. The van der Waals surface area contributed by atoms with Gasteiger partial charge in [0.2, 0.25) is 0 Å². The minimum Gasteiger partial charge on any atom is -0.383 e. The summed E-state index contributed by atoms with van der Waals surface area (Å²) in [5, 5.41) is 3.58. The third kappa shape index (κ3) is 3.64. The Bertz CT molecular complexity index is 1540. The molecule has 0 spiro atoms. The lowest BCUT2D eigenvalue weighted by atomic mass is 10.1. The van der Waals surface area contributed by atoms with Crippen LogP contribution in [0.1, 0.15) is 12.0 Å². The van der Waals surface area contributed by atoms with Crippen LogP contribution >= 0.6 is 0 Å². The average Bonchev–Trinajstić information content (AvgIpc) is 3.64. The minimum atomic E-state index is 0.451. The molecular weight excluding hydrogens is 446 g/mol. The number of fused-ring (bicyclic) bond motifs is 3. The number of benzene rings is 2. The second kappa shape index (κ2) is 8.55. The topological polar surface area (TPSA) is 84.9 Å². The monoisotopic (exact) mass is 473 g/mol. The fourth-order valence-corrected chi connectivity index (χ4v) is 5.58. The van der Waals surface area contributed by atoms with Crippen LogP contribution in [0.4, 0.5) is 5.82 Å². The second-order valence-corrected chi connectivity index (χ2v) is 9.70. The fraction of sp³-hybridized carbons (Fsp3) is 0.207. The van der Waals surface area contributed by atoms with Crippen molar-refractivity contribution >= 4 is 17.0 Å². The number of hydrogen-bond donors (Lipinski definition) is 2. The zero-order valence-electron chi connectivity index (χ0n) is 19.9. The van der Waals surface area contributed by atoms with Crippen LogP contribution in [0.15, 0.2) is 85.1 Å². The number of likely N-dealkylation sites (tertiary alicyclic amines) is 1. The Labute approximate surface area is 209 Å². The van der Waals surface area contributed by atoms with Crippen molar-refractivity contribution in [3.8, 4) is 28.3 Å². The highest BCUT2D eigenvalue weighted by Crippen LogP contribution is 2.32. The second-order valence-electron chi connectivity index (χ2n) is 9.70. The summed E-state index contributed by atoms with van der Waals surface area (Å²) in [4.78, 5) is 16.9. The zero-order valence-corrected chi connectivity index (χ0v) is 19.9. The van der Waals surface area contributed by atoms with Crippen LogP contribution in [-0.2, 0) is 6.54 Å². The normalized spacial score (nSPS) is 19.3. The van der Waals surface area contributed by atoms with E-state index >= 15 is 0 Å². The summed E-state index contributed by atoms with van der Waals surface area (Å²) in [6.45, 7) is 3.22. The molecule has 0 saturated carbocycles. The molecule has 178 valence electrons. The van der Waals surface area contributed by atoms with E-state index in [4.69, 9.17) is 15.7 Å². The van der Waals surface area contributed by atoms with E-state index < -0.39 is 0 Å². The summed E-state index contributed by atoms with van der Waals surface area (Å²) < 4.78 is 2.10. The van der Waals surface area contributed by atoms with Gasteiger partial charge < -0.3 is 11.1 Å². The fourth-order valence-electron chi connectivity index (χ4n) is 5.58. The molecule has 0 aliphatic carbocycles. The molecule has 7 rings (SSSR count). The largest absolute Gasteiger partial charge is 0.383 e. The summed E-state index contributed by atoms with van der Waals surface area (Å²) in [6, 6.07) is 28.2. The van der Waals surface area contributed by atoms with E-state index in [0.29, 0.717) is 17.9 Å². The first-order valence-electron chi connectivity index (χ1n) is 12.5. The smallest absolute Gasteiger partial charge is 0.165 e. The molecule has 2 atom stereocenters. The van der Waals surface area contributed by atoms with E-state index in [-0.39, 0.29) is 0 Å². The molecule has 5 heterocycles. The van der Waals surface area contributed by atoms with Gasteiger partial charge in [-0.25, -0.2) is 15.0 Å². The van der Waals surface area contributed by atoms with Gasteiger partial charge in [0, 0.05) is 49.2 Å². The predicted octanol–water partition coefficient (Wildman–Crippen LogP) is 4.28. The van der Waals surface area contributed by atoms with Crippen LogP contribution in [0.2, 0.25) is 0 Å². The van der Waals surface area contributed by atoms with Crippen LogP contribution in [0.5, 0.6) is 0 Å². The number of rotatable bonds is 5. The number of piperazine rings is 1. The number of aromatic nitrogens is 4. The molecule has 2 fully saturated rings. The quantitative estimate of drug-likeness (QED) is 0.396. The molecule has 5 aromatic rings. The van der Waals surface area contributed by atoms with Gasteiger partial charge in [-0.2, -0.15) is 0 Å². The molecule has 0 amide bonds. The van der Waals surface area contributed by atoms with Crippen molar-refractivity contribution in [2.24, 2.45) is 0 Å². The van der Waals surface area contributed by atoms with Crippen LogP contribution in [-0.4, -0.2) is 49.6 Å². The lowest BCUT2D eigenvalue weighted by Crippen LogP contribution is -2.42. The Morgan fingerprint density at radius 3 is 2.53 bits per heavy atom. The van der Waals surface area contributed by atoms with E-state index in [1.54, 1.807) is 6.20 Å². The van der Waals surface area contributed by atoms with Gasteiger partial charge in [0.25, 0.3) is 0 Å². The van der Waals surface area contributed by atoms with Gasteiger partial charge in [-0.3, -0.25) is 9.47 Å². The van der Waals surface area contributed by atoms with Crippen LogP contribution in [0, 0.1) is 0 Å². The summed E-state index contributed by atoms with van der Waals surface area (Å²) in [7, 11) is 0. The van der Waals surface area contributed by atoms with E-state index in [0.717, 1.165) is 59.1 Å². The van der Waals surface area contributed by atoms with Crippen LogP contribution in [0.25, 0.3) is 39.5 Å². The summed E-state index contributed by atoms with van der Waals surface area (Å²) in [5.41, 5.74) is 13.0. The Morgan fingerprint density at radius 2 is 1.78 bits per heavy atom. The number of nitrogens with two attached hydrogens (primary N) is 1. The van der Waals surface area contributed by atoms with Crippen molar-refractivity contribution < 1.29 is 0 Å². The van der Waals surface area contributed by atoms with Gasteiger partial charge in [-0.1, -0.05) is 42.5 Å². The van der Waals surface area contributed by atoms with E-state index in [1.165, 1.54) is 12.0 Å². The van der Waals surface area contributed by atoms with Crippen molar-refractivity contribution in [3.05, 3.63) is 90.6 Å². The number of imidazole rings is 1. The Kier molecular flexibility index (Phi) is 5.04. The lowest BCUT2D eigenvalue weighted by Gasteiger charge is -2.27. The molecule has 2 bridgehead atoms. The van der Waals surface area contributed by atoms with Crippen molar-refractivity contribution in [2.75, 3.05) is 18.8 Å². The predicted molar refractivity (Wildman–Crippen MR) is 143 cm³/mol. The highest BCUT2D eigenvalue weighted by Gasteiger charge is 2.37. The third-order valence-corrected chi connectivity index (χ3v) is 7.40. The van der Waals surface area contributed by atoms with Gasteiger partial charge in [-0.05, 0) is 48.4 Å². The number of nitrogen functional groups attached to an aromatic ring is 1. The maximum Gasteiger partial charge on any atom is 0.165 e. The van der Waals surface area contributed by atoms with Crippen LogP contribution < -0.4 is 11.1 Å². The van der Waals surface area contributed by atoms with Gasteiger partial charge in [0.05, 0.1) is 11.3 Å². The third-order valence-electron chi connectivity index (χ3n) is 7.40. The van der Waals surface area contributed by atoms with E-state index in [1.807, 2.05) is 42.5 Å². The number of anilines is 1. The molecule has 7 nitrogen and oxygen atoms in total. The minimum absolute atomic E-state index is 0.451.